The van der Waals surface area contributed by atoms with Crippen molar-refractivity contribution in [2.75, 3.05) is 5.32 Å². The van der Waals surface area contributed by atoms with Gasteiger partial charge >= 0.3 is 0 Å². The molecule has 1 aliphatic rings. The van der Waals surface area contributed by atoms with Crippen LogP contribution in [0.5, 0.6) is 0 Å². The normalized spacial score (nSPS) is 14.5. The molecule has 2 nitrogen and oxygen atoms in total. The Hall–Kier alpha value is -0.890. The predicted molar refractivity (Wildman–Crippen MR) is 66.4 cm³/mol. The summed E-state index contributed by atoms with van der Waals surface area (Å²) in [5.74, 6) is -6.07. The minimum Gasteiger partial charge on any atom is -0.360 e. The fraction of sp³-hybridized carbons (Fsp3) is 0.300. The molecule has 0 atom stereocenters. The summed E-state index contributed by atoms with van der Waals surface area (Å²) in [6.07, 6.45) is 1.80. The van der Waals surface area contributed by atoms with Gasteiger partial charge in [0.1, 0.15) is 5.69 Å². The molecule has 0 heterocycles. The van der Waals surface area contributed by atoms with Gasteiger partial charge in [-0.1, -0.05) is 0 Å². The molecule has 0 aromatic heterocycles. The number of nitrogens with one attached hydrogen (secondary N) is 2. The van der Waals surface area contributed by atoms with E-state index in [0.717, 1.165) is 12.8 Å². The predicted octanol–water partition coefficient (Wildman–Crippen LogP) is 3.45. The first-order chi connectivity index (χ1) is 8.41. The van der Waals surface area contributed by atoms with Gasteiger partial charge in [-0.3, -0.25) is 0 Å². The second-order valence-corrected chi connectivity index (χ2v) is 5.02. The molecule has 0 saturated heterocycles. The average Bonchev–Trinajstić information content (AvgIpc) is 3.13. The SMILES string of the molecule is Fc1c(F)c(NC(=S)NC2CC2)c(F)c(F)c1Br. The Balaban J connectivity index is 2.28. The standard InChI is InChI=1S/C10H7BrF4N2S/c11-4-5(12)7(14)9(8(15)6(4)13)17-10(18)16-3-1-2-3/h3H,1-2H2,(H2,16,17,18). The van der Waals surface area contributed by atoms with Crippen molar-refractivity contribution < 1.29 is 17.6 Å². The smallest absolute Gasteiger partial charge is 0.186 e. The number of benzene rings is 1. The Bertz CT molecular complexity index is 490. The van der Waals surface area contributed by atoms with Gasteiger partial charge in [0.2, 0.25) is 0 Å². The van der Waals surface area contributed by atoms with Crippen LogP contribution < -0.4 is 10.6 Å². The number of hydrogen-bond acceptors (Lipinski definition) is 1. The minimum absolute atomic E-state index is 0.0728. The second kappa shape index (κ2) is 5.00. The molecule has 18 heavy (non-hydrogen) atoms. The minimum atomic E-state index is -1.53. The first kappa shape index (κ1) is 13.5. The Morgan fingerprint density at radius 3 is 2.00 bits per heavy atom. The van der Waals surface area contributed by atoms with Gasteiger partial charge in [0.05, 0.1) is 4.47 Å². The lowest BCUT2D eigenvalue weighted by Crippen LogP contribution is -2.31. The summed E-state index contributed by atoms with van der Waals surface area (Å²) in [6, 6.07) is 0.154. The van der Waals surface area contributed by atoms with Gasteiger partial charge in [0.25, 0.3) is 0 Å². The van der Waals surface area contributed by atoms with Gasteiger partial charge in [-0.15, -0.1) is 0 Å². The molecule has 0 radical (unpaired) electrons. The summed E-state index contributed by atoms with van der Waals surface area (Å²) in [5, 5.41) is 4.80. The van der Waals surface area contributed by atoms with Crippen LogP contribution in [0.2, 0.25) is 0 Å². The van der Waals surface area contributed by atoms with Crippen LogP contribution in [0.25, 0.3) is 0 Å². The molecular formula is C10H7BrF4N2S. The van der Waals surface area contributed by atoms with Crippen molar-refractivity contribution in [1.82, 2.24) is 5.32 Å². The van der Waals surface area contributed by atoms with E-state index in [1.807, 2.05) is 0 Å². The molecule has 1 aromatic rings. The molecule has 2 N–H and O–H groups in total. The van der Waals surface area contributed by atoms with Crippen LogP contribution in [0.4, 0.5) is 23.2 Å². The number of halogens is 5. The Morgan fingerprint density at radius 2 is 1.56 bits per heavy atom. The summed E-state index contributed by atoms with van der Waals surface area (Å²) in [5.41, 5.74) is -0.939. The van der Waals surface area contributed by atoms with Crippen molar-refractivity contribution in [3.8, 4) is 0 Å². The zero-order valence-corrected chi connectivity index (χ0v) is 11.2. The van der Waals surface area contributed by atoms with Gasteiger partial charge in [0, 0.05) is 6.04 Å². The van der Waals surface area contributed by atoms with Crippen molar-refractivity contribution in [3.63, 3.8) is 0 Å². The van der Waals surface area contributed by atoms with Crippen LogP contribution in [-0.2, 0) is 0 Å². The van der Waals surface area contributed by atoms with Gasteiger partial charge in [-0.05, 0) is 41.0 Å². The second-order valence-electron chi connectivity index (χ2n) is 3.82. The summed E-state index contributed by atoms with van der Waals surface area (Å²) in [7, 11) is 0. The zero-order valence-electron chi connectivity index (χ0n) is 8.79. The van der Waals surface area contributed by atoms with E-state index < -0.39 is 33.4 Å². The molecule has 0 bridgehead atoms. The fourth-order valence-electron chi connectivity index (χ4n) is 1.28. The highest BCUT2D eigenvalue weighted by Crippen LogP contribution is 2.31. The molecule has 1 saturated carbocycles. The maximum Gasteiger partial charge on any atom is 0.186 e. The monoisotopic (exact) mass is 342 g/mol. The van der Waals surface area contributed by atoms with E-state index in [9.17, 15) is 17.6 Å². The highest BCUT2D eigenvalue weighted by molar-refractivity contribution is 9.10. The van der Waals surface area contributed by atoms with Crippen LogP contribution in [-0.4, -0.2) is 11.2 Å². The van der Waals surface area contributed by atoms with Gasteiger partial charge < -0.3 is 10.6 Å². The van der Waals surface area contributed by atoms with Crippen LogP contribution >= 0.6 is 28.1 Å². The fourth-order valence-corrected chi connectivity index (χ4v) is 1.89. The lowest BCUT2D eigenvalue weighted by Gasteiger charge is -2.13. The molecule has 1 aromatic carbocycles. The lowest BCUT2D eigenvalue weighted by molar-refractivity contribution is 0.452. The third-order valence-electron chi connectivity index (χ3n) is 2.36. The van der Waals surface area contributed by atoms with Crippen molar-refractivity contribution in [2.24, 2.45) is 0 Å². The molecule has 8 heteroatoms. The molecule has 1 fully saturated rings. The van der Waals surface area contributed by atoms with E-state index in [1.54, 1.807) is 0 Å². The van der Waals surface area contributed by atoms with Crippen molar-refractivity contribution in [1.29, 1.82) is 0 Å². The molecule has 0 spiro atoms. The highest BCUT2D eigenvalue weighted by atomic mass is 79.9. The Labute approximate surface area is 114 Å². The quantitative estimate of drug-likeness (QED) is 0.372. The van der Waals surface area contributed by atoms with E-state index >= 15 is 0 Å². The number of rotatable bonds is 2. The third-order valence-corrected chi connectivity index (χ3v) is 3.28. The van der Waals surface area contributed by atoms with Crippen molar-refractivity contribution >= 4 is 38.9 Å². The van der Waals surface area contributed by atoms with E-state index in [4.69, 9.17) is 12.2 Å². The number of hydrogen-bond donors (Lipinski definition) is 2. The molecule has 0 aliphatic heterocycles. The van der Waals surface area contributed by atoms with Crippen molar-refractivity contribution in [2.45, 2.75) is 18.9 Å². The molecule has 0 amide bonds. The van der Waals surface area contributed by atoms with Crippen LogP contribution in [0, 0.1) is 23.3 Å². The first-order valence-corrected chi connectivity index (χ1v) is 6.21. The number of anilines is 1. The molecule has 0 unspecified atom stereocenters. The third kappa shape index (κ3) is 2.59. The molecule has 2 rings (SSSR count). The lowest BCUT2D eigenvalue weighted by atomic mass is 10.2. The highest BCUT2D eigenvalue weighted by Gasteiger charge is 2.26. The average molecular weight is 343 g/mol. The summed E-state index contributed by atoms with van der Waals surface area (Å²) >= 11 is 7.20. The Morgan fingerprint density at radius 1 is 1.06 bits per heavy atom. The van der Waals surface area contributed by atoms with Gasteiger partial charge in [0.15, 0.2) is 28.4 Å². The van der Waals surface area contributed by atoms with Crippen LogP contribution in [0.15, 0.2) is 4.47 Å². The summed E-state index contributed by atoms with van der Waals surface area (Å²) < 4.78 is 52.5. The topological polar surface area (TPSA) is 24.1 Å². The zero-order chi connectivity index (χ0) is 13.4. The number of thiocarbonyl (C=S) groups is 1. The van der Waals surface area contributed by atoms with E-state index in [0.29, 0.717) is 0 Å². The summed E-state index contributed by atoms with van der Waals surface area (Å²) in [4.78, 5) is 0. The van der Waals surface area contributed by atoms with Crippen LogP contribution in [0.3, 0.4) is 0 Å². The Kier molecular flexibility index (Phi) is 3.76. The van der Waals surface area contributed by atoms with E-state index in [1.165, 1.54) is 0 Å². The van der Waals surface area contributed by atoms with Crippen molar-refractivity contribution in [3.05, 3.63) is 27.7 Å². The molecule has 1 aliphatic carbocycles. The van der Waals surface area contributed by atoms with Crippen LogP contribution in [0.1, 0.15) is 12.8 Å². The maximum atomic E-state index is 13.5. The summed E-state index contributed by atoms with van der Waals surface area (Å²) in [6.45, 7) is 0. The van der Waals surface area contributed by atoms with Gasteiger partial charge in [-0.25, -0.2) is 17.6 Å². The molecule has 98 valence electrons. The molecular weight excluding hydrogens is 336 g/mol. The van der Waals surface area contributed by atoms with Gasteiger partial charge in [-0.2, -0.15) is 0 Å². The van der Waals surface area contributed by atoms with E-state index in [2.05, 4.69) is 26.6 Å². The largest absolute Gasteiger partial charge is 0.360 e. The maximum absolute atomic E-state index is 13.5. The first-order valence-electron chi connectivity index (χ1n) is 5.00. The van der Waals surface area contributed by atoms with E-state index in [-0.39, 0.29) is 11.2 Å².